The molecule has 2 amide bonds. The highest BCUT2D eigenvalue weighted by molar-refractivity contribution is 5.94. The molecule has 2 N–H and O–H groups in total. The number of hydrogen-bond donors (Lipinski definition) is 2. The van der Waals surface area contributed by atoms with Crippen molar-refractivity contribution in [2.24, 2.45) is 11.8 Å². The minimum atomic E-state index is -0.0779. The van der Waals surface area contributed by atoms with Gasteiger partial charge in [0.25, 0.3) is 5.91 Å². The Bertz CT molecular complexity index is 576. The number of nitrogens with zero attached hydrogens (tertiary/aromatic N) is 1. The first-order chi connectivity index (χ1) is 12.2. The Balaban J connectivity index is 0.00000243. The summed E-state index contributed by atoms with van der Waals surface area (Å²) in [5, 5.41) is 6.51. The molecular formula is C20H30ClN3O2. The highest BCUT2D eigenvalue weighted by Crippen LogP contribution is 2.19. The van der Waals surface area contributed by atoms with E-state index in [0.717, 1.165) is 45.4 Å². The van der Waals surface area contributed by atoms with Crippen LogP contribution < -0.4 is 10.6 Å². The Labute approximate surface area is 162 Å². The van der Waals surface area contributed by atoms with Gasteiger partial charge >= 0.3 is 0 Å². The summed E-state index contributed by atoms with van der Waals surface area (Å²) in [6.45, 7) is 4.21. The van der Waals surface area contributed by atoms with Crippen LogP contribution in [0.5, 0.6) is 0 Å². The first kappa shape index (κ1) is 20.7. The topological polar surface area (TPSA) is 61.4 Å². The van der Waals surface area contributed by atoms with Crippen LogP contribution in [0.2, 0.25) is 0 Å². The van der Waals surface area contributed by atoms with E-state index in [0.29, 0.717) is 18.0 Å². The third-order valence-electron chi connectivity index (χ3n) is 5.35. The molecule has 0 aliphatic carbocycles. The molecule has 1 aromatic rings. The molecule has 2 atom stereocenters. The highest BCUT2D eigenvalue weighted by Gasteiger charge is 2.28. The molecule has 2 heterocycles. The lowest BCUT2D eigenvalue weighted by atomic mass is 9.95. The Morgan fingerprint density at radius 1 is 1.15 bits per heavy atom. The molecule has 2 fully saturated rings. The molecule has 1 aromatic carbocycles. The molecule has 0 saturated carbocycles. The van der Waals surface area contributed by atoms with Crippen LogP contribution in [0.25, 0.3) is 0 Å². The first-order valence-electron chi connectivity index (χ1n) is 9.57. The van der Waals surface area contributed by atoms with Gasteiger partial charge < -0.3 is 15.5 Å². The van der Waals surface area contributed by atoms with E-state index in [-0.39, 0.29) is 30.1 Å². The fourth-order valence-electron chi connectivity index (χ4n) is 3.85. The molecule has 0 radical (unpaired) electrons. The maximum Gasteiger partial charge on any atom is 0.253 e. The molecule has 26 heavy (non-hydrogen) atoms. The Morgan fingerprint density at radius 3 is 2.69 bits per heavy atom. The van der Waals surface area contributed by atoms with Gasteiger partial charge in [-0.2, -0.15) is 0 Å². The van der Waals surface area contributed by atoms with Crippen LogP contribution in [-0.4, -0.2) is 49.4 Å². The molecule has 2 aliphatic rings. The van der Waals surface area contributed by atoms with Crippen LogP contribution in [0, 0.1) is 11.8 Å². The van der Waals surface area contributed by atoms with Crippen molar-refractivity contribution in [1.82, 2.24) is 15.5 Å². The molecule has 0 aromatic heterocycles. The van der Waals surface area contributed by atoms with Crippen molar-refractivity contribution in [3.05, 3.63) is 35.9 Å². The zero-order valence-electron chi connectivity index (χ0n) is 15.3. The number of carbonyl (C=O) groups excluding carboxylic acids is 2. The van der Waals surface area contributed by atoms with E-state index in [1.807, 2.05) is 35.2 Å². The molecule has 0 spiro atoms. The van der Waals surface area contributed by atoms with E-state index in [4.69, 9.17) is 0 Å². The monoisotopic (exact) mass is 379 g/mol. The van der Waals surface area contributed by atoms with Crippen LogP contribution in [0.4, 0.5) is 0 Å². The average molecular weight is 380 g/mol. The van der Waals surface area contributed by atoms with Gasteiger partial charge in [-0.3, -0.25) is 9.59 Å². The molecule has 2 saturated heterocycles. The number of rotatable bonds is 5. The Morgan fingerprint density at radius 2 is 1.96 bits per heavy atom. The second-order valence-corrected chi connectivity index (χ2v) is 7.25. The highest BCUT2D eigenvalue weighted by atomic mass is 35.5. The number of piperidine rings is 2. The van der Waals surface area contributed by atoms with E-state index in [1.54, 1.807) is 0 Å². The summed E-state index contributed by atoms with van der Waals surface area (Å²) < 4.78 is 0. The molecule has 6 heteroatoms. The zero-order valence-corrected chi connectivity index (χ0v) is 16.1. The number of carbonyl (C=O) groups is 2. The van der Waals surface area contributed by atoms with Crippen molar-refractivity contribution in [2.75, 3.05) is 32.7 Å². The maximum atomic E-state index is 12.6. The number of amides is 2. The summed E-state index contributed by atoms with van der Waals surface area (Å²) in [7, 11) is 0. The second-order valence-electron chi connectivity index (χ2n) is 7.25. The summed E-state index contributed by atoms with van der Waals surface area (Å²) in [6, 6.07) is 9.34. The second kappa shape index (κ2) is 10.5. The molecule has 2 aliphatic heterocycles. The minimum Gasteiger partial charge on any atom is -0.356 e. The molecular weight excluding hydrogens is 350 g/mol. The Hall–Kier alpha value is -1.59. The predicted molar refractivity (Wildman–Crippen MR) is 106 cm³/mol. The molecule has 3 rings (SSSR count). The maximum absolute atomic E-state index is 12.6. The minimum absolute atomic E-state index is 0. The SMILES string of the molecule is Cl.O=C(NCCC1CCCNC1)C1CCCN(C(=O)c2ccccc2)C1. The summed E-state index contributed by atoms with van der Waals surface area (Å²) in [4.78, 5) is 26.9. The third kappa shape index (κ3) is 5.71. The number of hydrogen-bond acceptors (Lipinski definition) is 3. The number of halogens is 1. The first-order valence-corrected chi connectivity index (χ1v) is 9.57. The average Bonchev–Trinajstić information content (AvgIpc) is 2.69. The summed E-state index contributed by atoms with van der Waals surface area (Å²) in [5.74, 6) is 0.739. The number of nitrogens with one attached hydrogen (secondary N) is 2. The van der Waals surface area contributed by atoms with Crippen LogP contribution >= 0.6 is 12.4 Å². The van der Waals surface area contributed by atoms with E-state index < -0.39 is 0 Å². The fourth-order valence-corrected chi connectivity index (χ4v) is 3.85. The summed E-state index contributed by atoms with van der Waals surface area (Å²) in [6.07, 6.45) is 5.29. The van der Waals surface area contributed by atoms with Crippen LogP contribution in [-0.2, 0) is 4.79 Å². The molecule has 144 valence electrons. The Kier molecular flexibility index (Phi) is 8.39. The lowest BCUT2D eigenvalue weighted by molar-refractivity contribution is -0.126. The van der Waals surface area contributed by atoms with Gasteiger partial charge in [-0.15, -0.1) is 12.4 Å². The van der Waals surface area contributed by atoms with Gasteiger partial charge in [-0.25, -0.2) is 0 Å². The van der Waals surface area contributed by atoms with Crippen molar-refractivity contribution in [2.45, 2.75) is 32.1 Å². The lowest BCUT2D eigenvalue weighted by Crippen LogP contribution is -2.45. The van der Waals surface area contributed by atoms with Crippen molar-refractivity contribution in [3.8, 4) is 0 Å². The largest absolute Gasteiger partial charge is 0.356 e. The molecule has 5 nitrogen and oxygen atoms in total. The van der Waals surface area contributed by atoms with Gasteiger partial charge in [0.15, 0.2) is 0 Å². The van der Waals surface area contributed by atoms with Crippen molar-refractivity contribution in [3.63, 3.8) is 0 Å². The quantitative estimate of drug-likeness (QED) is 0.826. The lowest BCUT2D eigenvalue weighted by Gasteiger charge is -2.32. The third-order valence-corrected chi connectivity index (χ3v) is 5.35. The van der Waals surface area contributed by atoms with E-state index in [9.17, 15) is 9.59 Å². The van der Waals surface area contributed by atoms with Crippen molar-refractivity contribution in [1.29, 1.82) is 0 Å². The van der Waals surface area contributed by atoms with Gasteiger partial charge in [0.1, 0.15) is 0 Å². The van der Waals surface area contributed by atoms with Gasteiger partial charge in [-0.1, -0.05) is 18.2 Å². The van der Waals surface area contributed by atoms with Gasteiger partial charge in [-0.05, 0) is 63.2 Å². The van der Waals surface area contributed by atoms with Crippen LogP contribution in [0.15, 0.2) is 30.3 Å². The fraction of sp³-hybridized carbons (Fsp3) is 0.600. The van der Waals surface area contributed by atoms with Gasteiger partial charge in [0.05, 0.1) is 5.92 Å². The van der Waals surface area contributed by atoms with E-state index in [2.05, 4.69) is 10.6 Å². The summed E-state index contributed by atoms with van der Waals surface area (Å²) >= 11 is 0. The van der Waals surface area contributed by atoms with Crippen LogP contribution in [0.3, 0.4) is 0 Å². The number of benzene rings is 1. The molecule has 2 unspecified atom stereocenters. The zero-order chi connectivity index (χ0) is 17.5. The predicted octanol–water partition coefficient (Wildman–Crippen LogP) is 2.47. The van der Waals surface area contributed by atoms with Gasteiger partial charge in [0, 0.05) is 25.2 Å². The van der Waals surface area contributed by atoms with Crippen molar-refractivity contribution < 1.29 is 9.59 Å². The normalized spacial score (nSPS) is 23.0. The van der Waals surface area contributed by atoms with Gasteiger partial charge in [0.2, 0.25) is 5.91 Å². The van der Waals surface area contributed by atoms with Crippen LogP contribution in [0.1, 0.15) is 42.5 Å². The van der Waals surface area contributed by atoms with E-state index in [1.165, 1.54) is 12.8 Å². The van der Waals surface area contributed by atoms with Crippen molar-refractivity contribution >= 4 is 24.2 Å². The number of likely N-dealkylation sites (tertiary alicyclic amines) is 1. The smallest absolute Gasteiger partial charge is 0.253 e. The molecule has 0 bridgehead atoms. The summed E-state index contributed by atoms with van der Waals surface area (Å²) in [5.41, 5.74) is 0.702. The van der Waals surface area contributed by atoms with E-state index >= 15 is 0 Å². The standard InChI is InChI=1S/C20H29N3O2.ClH/c24-19(22-12-10-16-6-4-11-21-14-16)18-9-5-13-23(15-18)20(25)17-7-2-1-3-8-17;/h1-3,7-8,16,18,21H,4-6,9-15H2,(H,22,24);1H.